The van der Waals surface area contributed by atoms with Crippen LogP contribution in [0.1, 0.15) is 15.9 Å². The number of esters is 1. The average molecular weight is 305 g/mol. The monoisotopic (exact) mass is 304 g/mol. The van der Waals surface area contributed by atoms with Gasteiger partial charge in [0.15, 0.2) is 6.61 Å². The Bertz CT molecular complexity index is 659. The number of benzene rings is 1. The van der Waals surface area contributed by atoms with E-state index in [0.29, 0.717) is 16.3 Å². The topological polar surface area (TPSA) is 68.3 Å². The maximum atomic E-state index is 11.8. The normalized spacial score (nSPS) is 10.0. The zero-order valence-electron chi connectivity index (χ0n) is 11.3. The summed E-state index contributed by atoms with van der Waals surface area (Å²) < 4.78 is 4.92. The highest BCUT2D eigenvalue weighted by atomic mass is 35.5. The van der Waals surface area contributed by atoms with Crippen molar-refractivity contribution in [1.82, 2.24) is 4.98 Å². The highest BCUT2D eigenvalue weighted by molar-refractivity contribution is 6.31. The van der Waals surface area contributed by atoms with Crippen molar-refractivity contribution in [2.24, 2.45) is 0 Å². The first-order valence-electron chi connectivity index (χ1n) is 6.20. The number of hydrogen-bond donors (Lipinski definition) is 1. The minimum absolute atomic E-state index is 0.344. The van der Waals surface area contributed by atoms with E-state index < -0.39 is 11.9 Å². The number of ether oxygens (including phenoxy) is 1. The molecule has 0 fully saturated rings. The van der Waals surface area contributed by atoms with E-state index in [4.69, 9.17) is 16.3 Å². The first-order chi connectivity index (χ1) is 10.1. The molecule has 5 nitrogen and oxygen atoms in total. The van der Waals surface area contributed by atoms with Crippen molar-refractivity contribution in [3.05, 3.63) is 58.9 Å². The largest absolute Gasteiger partial charge is 0.452 e. The van der Waals surface area contributed by atoms with E-state index in [1.807, 2.05) is 0 Å². The molecular formula is C15H13ClN2O3. The van der Waals surface area contributed by atoms with E-state index >= 15 is 0 Å². The van der Waals surface area contributed by atoms with Crippen LogP contribution in [0.4, 0.5) is 5.69 Å². The van der Waals surface area contributed by atoms with Crippen LogP contribution < -0.4 is 5.32 Å². The quantitative estimate of drug-likeness (QED) is 0.882. The Morgan fingerprint density at radius 1 is 1.24 bits per heavy atom. The van der Waals surface area contributed by atoms with E-state index in [-0.39, 0.29) is 6.61 Å². The molecule has 108 valence electrons. The fraction of sp³-hybridized carbons (Fsp3) is 0.133. The Hall–Kier alpha value is -2.40. The summed E-state index contributed by atoms with van der Waals surface area (Å²) in [5.41, 5.74) is 1.69. The lowest BCUT2D eigenvalue weighted by Gasteiger charge is -2.09. The Labute approximate surface area is 126 Å². The molecule has 21 heavy (non-hydrogen) atoms. The molecule has 0 unspecified atom stereocenters. The van der Waals surface area contributed by atoms with Crippen molar-refractivity contribution < 1.29 is 14.3 Å². The highest BCUT2D eigenvalue weighted by Crippen LogP contribution is 2.22. The number of nitrogens with one attached hydrogen (secondary N) is 1. The number of hydrogen-bond acceptors (Lipinski definition) is 4. The molecule has 1 heterocycles. The molecule has 1 N–H and O–H groups in total. The van der Waals surface area contributed by atoms with Crippen molar-refractivity contribution in [3.63, 3.8) is 0 Å². The number of nitrogens with zero attached hydrogens (tertiary/aromatic N) is 1. The standard InChI is InChI=1S/C15H13ClN2O3/c1-10-12(16)3-2-4-13(10)18-14(19)9-21-15(20)11-5-7-17-8-6-11/h2-8H,9H2,1H3,(H,18,19). The second-order valence-corrected chi connectivity index (χ2v) is 4.68. The van der Waals surface area contributed by atoms with Gasteiger partial charge in [-0.15, -0.1) is 0 Å². The van der Waals surface area contributed by atoms with Crippen LogP contribution in [0.5, 0.6) is 0 Å². The third kappa shape index (κ3) is 4.03. The van der Waals surface area contributed by atoms with Crippen molar-refractivity contribution >= 4 is 29.2 Å². The van der Waals surface area contributed by atoms with Gasteiger partial charge in [-0.2, -0.15) is 0 Å². The summed E-state index contributed by atoms with van der Waals surface area (Å²) in [5, 5.41) is 3.20. The lowest BCUT2D eigenvalue weighted by atomic mass is 10.2. The summed E-state index contributed by atoms with van der Waals surface area (Å²) in [5.74, 6) is -1.00. The number of aromatic nitrogens is 1. The summed E-state index contributed by atoms with van der Waals surface area (Å²) in [6.07, 6.45) is 2.96. The zero-order chi connectivity index (χ0) is 15.2. The molecule has 0 atom stereocenters. The second-order valence-electron chi connectivity index (χ2n) is 4.27. The number of carbonyl (C=O) groups is 2. The van der Waals surface area contributed by atoms with Gasteiger partial charge in [0.1, 0.15) is 0 Å². The maximum Gasteiger partial charge on any atom is 0.338 e. The molecule has 1 aromatic carbocycles. The van der Waals surface area contributed by atoms with E-state index in [2.05, 4.69) is 10.3 Å². The van der Waals surface area contributed by atoms with Crippen LogP contribution in [0.2, 0.25) is 5.02 Å². The van der Waals surface area contributed by atoms with Crippen LogP contribution in [-0.4, -0.2) is 23.5 Å². The minimum atomic E-state index is -0.574. The second kappa shape index (κ2) is 6.85. The Balaban J connectivity index is 1.91. The number of carbonyl (C=O) groups excluding carboxylic acids is 2. The van der Waals surface area contributed by atoms with E-state index in [9.17, 15) is 9.59 Å². The molecule has 6 heteroatoms. The molecule has 2 rings (SSSR count). The molecule has 0 radical (unpaired) electrons. The number of amides is 1. The van der Waals surface area contributed by atoms with Gasteiger partial charge in [-0.1, -0.05) is 17.7 Å². The molecule has 2 aromatic rings. The maximum absolute atomic E-state index is 11.8. The van der Waals surface area contributed by atoms with Crippen LogP contribution in [0.3, 0.4) is 0 Å². The molecule has 0 saturated heterocycles. The van der Waals surface area contributed by atoms with E-state index in [1.165, 1.54) is 24.5 Å². The zero-order valence-corrected chi connectivity index (χ0v) is 12.1. The Kier molecular flexibility index (Phi) is 4.90. The third-order valence-electron chi connectivity index (χ3n) is 2.79. The summed E-state index contributed by atoms with van der Waals surface area (Å²) in [4.78, 5) is 27.2. The first kappa shape index (κ1) is 15.0. The van der Waals surface area contributed by atoms with Gasteiger partial charge >= 0.3 is 5.97 Å². The lowest BCUT2D eigenvalue weighted by molar-refractivity contribution is -0.119. The van der Waals surface area contributed by atoms with Crippen molar-refractivity contribution in [3.8, 4) is 0 Å². The molecule has 0 aliphatic heterocycles. The van der Waals surface area contributed by atoms with Crippen molar-refractivity contribution in [2.45, 2.75) is 6.92 Å². The van der Waals surface area contributed by atoms with Crippen LogP contribution in [0, 0.1) is 6.92 Å². The molecule has 0 saturated carbocycles. The van der Waals surface area contributed by atoms with Gasteiger partial charge in [-0.05, 0) is 36.8 Å². The smallest absolute Gasteiger partial charge is 0.338 e. The third-order valence-corrected chi connectivity index (χ3v) is 3.20. The minimum Gasteiger partial charge on any atom is -0.452 e. The van der Waals surface area contributed by atoms with Gasteiger partial charge in [0.2, 0.25) is 0 Å². The van der Waals surface area contributed by atoms with Crippen LogP contribution in [0.25, 0.3) is 0 Å². The first-order valence-corrected chi connectivity index (χ1v) is 6.58. The highest BCUT2D eigenvalue weighted by Gasteiger charge is 2.11. The van der Waals surface area contributed by atoms with Gasteiger partial charge in [0.05, 0.1) is 5.56 Å². The predicted molar refractivity (Wildman–Crippen MR) is 79.3 cm³/mol. The lowest BCUT2D eigenvalue weighted by Crippen LogP contribution is -2.21. The summed E-state index contributed by atoms with van der Waals surface area (Å²) in [6, 6.07) is 8.22. The number of pyridine rings is 1. The van der Waals surface area contributed by atoms with Gasteiger partial charge in [-0.3, -0.25) is 9.78 Å². The SMILES string of the molecule is Cc1c(Cl)cccc1NC(=O)COC(=O)c1ccncc1. The van der Waals surface area contributed by atoms with Crippen LogP contribution in [0.15, 0.2) is 42.7 Å². The van der Waals surface area contributed by atoms with Gasteiger partial charge in [0, 0.05) is 23.1 Å². The van der Waals surface area contributed by atoms with E-state index in [0.717, 1.165) is 5.56 Å². The number of halogens is 1. The average Bonchev–Trinajstić information content (AvgIpc) is 2.50. The van der Waals surface area contributed by atoms with Crippen molar-refractivity contribution in [2.75, 3.05) is 11.9 Å². The number of rotatable bonds is 4. The van der Waals surface area contributed by atoms with Crippen LogP contribution in [-0.2, 0) is 9.53 Å². The molecule has 0 spiro atoms. The van der Waals surface area contributed by atoms with Gasteiger partial charge in [-0.25, -0.2) is 4.79 Å². The van der Waals surface area contributed by atoms with Crippen molar-refractivity contribution in [1.29, 1.82) is 0 Å². The summed E-state index contributed by atoms with van der Waals surface area (Å²) in [6.45, 7) is 1.42. The molecular weight excluding hydrogens is 292 g/mol. The van der Waals surface area contributed by atoms with Gasteiger partial charge in [0.25, 0.3) is 5.91 Å². The fourth-order valence-corrected chi connectivity index (χ4v) is 1.81. The number of anilines is 1. The Morgan fingerprint density at radius 3 is 2.67 bits per heavy atom. The molecule has 0 aliphatic carbocycles. The van der Waals surface area contributed by atoms with Crippen LogP contribution >= 0.6 is 11.6 Å². The molecule has 1 aromatic heterocycles. The summed E-state index contributed by atoms with van der Waals surface area (Å²) in [7, 11) is 0. The Morgan fingerprint density at radius 2 is 1.95 bits per heavy atom. The van der Waals surface area contributed by atoms with Gasteiger partial charge < -0.3 is 10.1 Å². The molecule has 0 bridgehead atoms. The molecule has 1 amide bonds. The molecule has 0 aliphatic rings. The fourth-order valence-electron chi connectivity index (χ4n) is 1.63. The van der Waals surface area contributed by atoms with E-state index in [1.54, 1.807) is 25.1 Å². The predicted octanol–water partition coefficient (Wildman–Crippen LogP) is 2.84. The summed E-state index contributed by atoms with van der Waals surface area (Å²) >= 11 is 5.96.